The number of hydrogen-bond acceptors (Lipinski definition) is 5. The van der Waals surface area contributed by atoms with Crippen LogP contribution in [0.3, 0.4) is 0 Å². The van der Waals surface area contributed by atoms with Crippen LogP contribution in [0.1, 0.15) is 29.5 Å². The normalized spacial score (nSPS) is 16.0. The summed E-state index contributed by atoms with van der Waals surface area (Å²) in [5.41, 5.74) is -0.782. The second-order valence-corrected chi connectivity index (χ2v) is 8.29. The van der Waals surface area contributed by atoms with E-state index >= 15 is 0 Å². The Bertz CT molecular complexity index is 1020. The number of hydrogen-bond donors (Lipinski definition) is 0. The maximum atomic E-state index is 12.7. The van der Waals surface area contributed by atoms with Gasteiger partial charge in [-0.1, -0.05) is 12.1 Å². The van der Waals surface area contributed by atoms with E-state index in [2.05, 4.69) is 4.99 Å². The number of rotatable bonds is 8. The van der Waals surface area contributed by atoms with Crippen LogP contribution in [0, 0.1) is 0 Å². The lowest BCUT2D eigenvalue weighted by Gasteiger charge is -2.19. The molecule has 34 heavy (non-hydrogen) atoms. The molecular weight excluding hydrogens is 486 g/mol. The SMILES string of the molecule is O=C1CCC(=O)N1OC(C=Nc1ccc(C(F)(F)F)cc1)CSCc1ccc(C(F)(F)F)cc1. The summed E-state index contributed by atoms with van der Waals surface area (Å²) in [7, 11) is 0. The zero-order valence-corrected chi connectivity index (χ0v) is 18.2. The van der Waals surface area contributed by atoms with Crippen LogP contribution in [0.5, 0.6) is 0 Å². The first-order valence-electron chi connectivity index (χ1n) is 9.91. The first-order chi connectivity index (χ1) is 15.9. The Morgan fingerprint density at radius 1 is 0.882 bits per heavy atom. The molecule has 0 bridgehead atoms. The molecule has 2 aromatic rings. The monoisotopic (exact) mass is 504 g/mol. The van der Waals surface area contributed by atoms with Crippen molar-refractivity contribution < 1.29 is 40.8 Å². The Kier molecular flexibility index (Phi) is 8.03. The molecule has 0 saturated carbocycles. The Morgan fingerprint density at radius 2 is 1.38 bits per heavy atom. The number of thioether (sulfide) groups is 1. The van der Waals surface area contributed by atoms with Crippen molar-refractivity contribution in [2.45, 2.75) is 37.1 Å². The zero-order valence-electron chi connectivity index (χ0n) is 17.4. The number of benzene rings is 2. The minimum Gasteiger partial charge on any atom is -0.272 e. The Balaban J connectivity index is 1.66. The van der Waals surface area contributed by atoms with E-state index in [1.807, 2.05) is 0 Å². The van der Waals surface area contributed by atoms with Crippen molar-refractivity contribution in [3.63, 3.8) is 0 Å². The molecule has 3 rings (SSSR count). The molecule has 1 aliphatic rings. The van der Waals surface area contributed by atoms with Crippen molar-refractivity contribution in [2.75, 3.05) is 5.75 Å². The maximum absolute atomic E-state index is 12.7. The van der Waals surface area contributed by atoms with Crippen molar-refractivity contribution in [2.24, 2.45) is 4.99 Å². The molecule has 0 spiro atoms. The average Bonchev–Trinajstić information content (AvgIpc) is 3.08. The molecule has 12 heteroatoms. The summed E-state index contributed by atoms with van der Waals surface area (Å²) in [5, 5.41) is 0.641. The van der Waals surface area contributed by atoms with Crippen molar-refractivity contribution in [1.82, 2.24) is 5.06 Å². The number of imide groups is 1. The number of alkyl halides is 6. The number of carbonyl (C=O) groups excluding carboxylic acids is 2. The highest BCUT2D eigenvalue weighted by Crippen LogP contribution is 2.31. The molecule has 0 N–H and O–H groups in total. The first kappa shape index (κ1) is 25.8. The molecular formula is C22H18F6N2O3S. The predicted molar refractivity (Wildman–Crippen MR) is 113 cm³/mol. The number of halogens is 6. The van der Waals surface area contributed by atoms with Gasteiger partial charge in [0.1, 0.15) is 6.10 Å². The standard InChI is InChI=1S/C22H18F6N2O3S/c23-21(24,25)15-3-1-14(2-4-15)12-34-13-18(33-30-19(31)9-10-20(30)32)11-29-17-7-5-16(6-8-17)22(26,27)28/h1-8,11,18H,9-10,12-13H2. The molecule has 1 atom stereocenters. The Morgan fingerprint density at radius 3 is 1.88 bits per heavy atom. The van der Waals surface area contributed by atoms with Gasteiger partial charge in [-0.25, -0.2) is 0 Å². The summed E-state index contributed by atoms with van der Waals surface area (Å²) in [6, 6.07) is 8.70. The largest absolute Gasteiger partial charge is 0.416 e. The zero-order chi connectivity index (χ0) is 24.9. The van der Waals surface area contributed by atoms with Crippen LogP contribution in [0.2, 0.25) is 0 Å². The van der Waals surface area contributed by atoms with Crippen molar-refractivity contribution in [1.29, 1.82) is 0 Å². The third kappa shape index (κ3) is 7.07. The van der Waals surface area contributed by atoms with Gasteiger partial charge in [0.15, 0.2) is 0 Å². The highest BCUT2D eigenvalue weighted by atomic mass is 32.2. The second-order valence-electron chi connectivity index (χ2n) is 7.26. The number of hydroxylamine groups is 2. The molecule has 1 unspecified atom stereocenters. The molecule has 1 fully saturated rings. The minimum atomic E-state index is -4.49. The molecule has 2 aromatic carbocycles. The molecule has 0 radical (unpaired) electrons. The number of aliphatic imine (C=N–C) groups is 1. The summed E-state index contributed by atoms with van der Waals surface area (Å²) in [5.74, 6) is -0.563. The summed E-state index contributed by atoms with van der Waals surface area (Å²) in [6.45, 7) is 0. The molecule has 5 nitrogen and oxygen atoms in total. The van der Waals surface area contributed by atoms with Gasteiger partial charge in [0.25, 0.3) is 11.8 Å². The van der Waals surface area contributed by atoms with Crippen LogP contribution in [-0.4, -0.2) is 34.9 Å². The van der Waals surface area contributed by atoms with E-state index < -0.39 is 41.4 Å². The van der Waals surface area contributed by atoms with Gasteiger partial charge in [-0.2, -0.15) is 43.2 Å². The van der Waals surface area contributed by atoms with Crippen molar-refractivity contribution in [3.8, 4) is 0 Å². The molecule has 2 amide bonds. The van der Waals surface area contributed by atoms with Crippen molar-refractivity contribution in [3.05, 3.63) is 65.2 Å². The molecule has 1 heterocycles. The van der Waals surface area contributed by atoms with Crippen LogP contribution < -0.4 is 0 Å². The van der Waals surface area contributed by atoms with Crippen LogP contribution >= 0.6 is 11.8 Å². The summed E-state index contributed by atoms with van der Waals surface area (Å²) >= 11 is 1.26. The fourth-order valence-electron chi connectivity index (χ4n) is 2.90. The Hall–Kier alpha value is -2.86. The van der Waals surface area contributed by atoms with Gasteiger partial charge in [-0.3, -0.25) is 19.4 Å². The summed E-state index contributed by atoms with van der Waals surface area (Å²) in [4.78, 5) is 33.3. The van der Waals surface area contributed by atoms with Gasteiger partial charge in [-0.05, 0) is 42.0 Å². The summed E-state index contributed by atoms with van der Waals surface area (Å²) < 4.78 is 76.2. The van der Waals surface area contributed by atoms with E-state index in [4.69, 9.17) is 4.84 Å². The Labute approximate surface area is 194 Å². The third-order valence-electron chi connectivity index (χ3n) is 4.66. The molecule has 182 valence electrons. The van der Waals surface area contributed by atoms with Gasteiger partial charge in [-0.15, -0.1) is 0 Å². The number of carbonyl (C=O) groups is 2. The summed E-state index contributed by atoms with van der Waals surface area (Å²) in [6.07, 6.45) is -8.55. The van der Waals surface area contributed by atoms with E-state index in [0.29, 0.717) is 16.4 Å². The van der Waals surface area contributed by atoms with Crippen LogP contribution in [0.15, 0.2) is 53.5 Å². The van der Waals surface area contributed by atoms with Crippen molar-refractivity contribution >= 4 is 35.5 Å². The smallest absolute Gasteiger partial charge is 0.272 e. The van der Waals surface area contributed by atoms with E-state index in [1.165, 1.54) is 30.1 Å². The third-order valence-corrected chi connectivity index (χ3v) is 5.76. The fourth-order valence-corrected chi connectivity index (χ4v) is 3.82. The van der Waals surface area contributed by atoms with Crippen LogP contribution in [0.4, 0.5) is 32.0 Å². The lowest BCUT2D eigenvalue weighted by molar-refractivity contribution is -0.191. The lowest BCUT2D eigenvalue weighted by atomic mass is 10.1. The van der Waals surface area contributed by atoms with Gasteiger partial charge >= 0.3 is 12.4 Å². The highest BCUT2D eigenvalue weighted by molar-refractivity contribution is 7.98. The molecule has 0 aliphatic carbocycles. The van der Waals surface area contributed by atoms with E-state index in [-0.39, 0.29) is 24.3 Å². The number of nitrogens with zero attached hydrogens (tertiary/aromatic N) is 2. The van der Waals surface area contributed by atoms with Gasteiger partial charge in [0.2, 0.25) is 0 Å². The average molecular weight is 504 g/mol. The van der Waals surface area contributed by atoms with Gasteiger partial charge in [0.05, 0.1) is 16.8 Å². The van der Waals surface area contributed by atoms with Gasteiger partial charge in [0, 0.05) is 30.6 Å². The van der Waals surface area contributed by atoms with E-state index in [1.54, 1.807) is 0 Å². The maximum Gasteiger partial charge on any atom is 0.416 e. The topological polar surface area (TPSA) is 59.0 Å². The van der Waals surface area contributed by atoms with E-state index in [0.717, 1.165) is 36.4 Å². The van der Waals surface area contributed by atoms with E-state index in [9.17, 15) is 35.9 Å². The van der Waals surface area contributed by atoms with Crippen LogP contribution in [-0.2, 0) is 32.5 Å². The second kappa shape index (κ2) is 10.6. The quantitative estimate of drug-likeness (QED) is 0.259. The van der Waals surface area contributed by atoms with Crippen LogP contribution in [0.25, 0.3) is 0 Å². The molecule has 1 saturated heterocycles. The number of amides is 2. The first-order valence-corrected chi connectivity index (χ1v) is 11.1. The van der Waals surface area contributed by atoms with Gasteiger partial charge < -0.3 is 0 Å². The predicted octanol–water partition coefficient (Wildman–Crippen LogP) is 5.81. The lowest BCUT2D eigenvalue weighted by Crippen LogP contribution is -2.35. The fraction of sp³-hybridized carbons (Fsp3) is 0.318. The molecule has 1 aliphatic heterocycles. The highest BCUT2D eigenvalue weighted by Gasteiger charge is 2.33. The molecule has 0 aromatic heterocycles. The minimum absolute atomic E-state index is 0.000295.